The lowest BCUT2D eigenvalue weighted by molar-refractivity contribution is 0.360. The summed E-state index contributed by atoms with van der Waals surface area (Å²) in [6.07, 6.45) is 5.78. The van der Waals surface area contributed by atoms with Crippen molar-refractivity contribution in [3.8, 4) is 0 Å². The number of epoxide rings is 1. The Morgan fingerprint density at radius 2 is 2.25 bits per heavy atom. The second kappa shape index (κ2) is 0.971. The van der Waals surface area contributed by atoms with Gasteiger partial charge in [-0.3, -0.25) is 0 Å². The SMILES string of the molecule is C1C[C@H]2O[C@H]2[C@H]2C[C@@H]12. The fourth-order valence-corrected chi connectivity index (χ4v) is 2.15. The van der Waals surface area contributed by atoms with Crippen LogP contribution >= 0.6 is 0 Å². The summed E-state index contributed by atoms with van der Waals surface area (Å²) in [4.78, 5) is 0. The maximum absolute atomic E-state index is 5.43. The minimum atomic E-state index is 0.721. The molecule has 0 spiro atoms. The monoisotopic (exact) mass is 110 g/mol. The fraction of sp³-hybridized carbons (Fsp3) is 1.00. The average Bonchev–Trinajstić information content (AvgIpc) is 2.59. The molecule has 0 radical (unpaired) electrons. The lowest BCUT2D eigenvalue weighted by Gasteiger charge is -1.99. The Labute approximate surface area is 49.0 Å². The van der Waals surface area contributed by atoms with E-state index in [9.17, 15) is 0 Å². The van der Waals surface area contributed by atoms with Crippen molar-refractivity contribution in [1.29, 1.82) is 0 Å². The number of hydrogen-bond acceptors (Lipinski definition) is 1. The van der Waals surface area contributed by atoms with Gasteiger partial charge in [0.25, 0.3) is 0 Å². The number of fused-ring (bicyclic) bond motifs is 3. The first-order valence-electron chi connectivity index (χ1n) is 3.60. The fourth-order valence-electron chi connectivity index (χ4n) is 2.15. The Bertz CT molecular complexity index is 116. The normalized spacial score (nSPS) is 66.0. The zero-order valence-electron chi connectivity index (χ0n) is 4.84. The van der Waals surface area contributed by atoms with E-state index in [0.717, 1.165) is 24.0 Å². The van der Waals surface area contributed by atoms with Crippen LogP contribution in [0.2, 0.25) is 0 Å². The third-order valence-electron chi connectivity index (χ3n) is 2.84. The quantitative estimate of drug-likeness (QED) is 0.427. The largest absolute Gasteiger partial charge is 0.369 e. The zero-order valence-corrected chi connectivity index (χ0v) is 4.84. The number of hydrogen-bond donors (Lipinski definition) is 0. The summed E-state index contributed by atoms with van der Waals surface area (Å²) in [7, 11) is 0. The topological polar surface area (TPSA) is 12.5 Å². The van der Waals surface area contributed by atoms with Crippen molar-refractivity contribution in [1.82, 2.24) is 0 Å². The molecule has 0 N–H and O–H groups in total. The second-order valence-corrected chi connectivity index (χ2v) is 3.38. The smallest absolute Gasteiger partial charge is 0.0872 e. The summed E-state index contributed by atoms with van der Waals surface area (Å²) in [6.45, 7) is 0. The first kappa shape index (κ1) is 3.89. The van der Waals surface area contributed by atoms with E-state index < -0.39 is 0 Å². The Kier molecular flexibility index (Phi) is 0.472. The van der Waals surface area contributed by atoms with Crippen molar-refractivity contribution >= 4 is 0 Å². The van der Waals surface area contributed by atoms with E-state index >= 15 is 0 Å². The van der Waals surface area contributed by atoms with Crippen LogP contribution in [-0.2, 0) is 4.74 Å². The molecule has 44 valence electrons. The van der Waals surface area contributed by atoms with Gasteiger partial charge in [-0.05, 0) is 31.1 Å². The van der Waals surface area contributed by atoms with Crippen LogP contribution in [0.4, 0.5) is 0 Å². The van der Waals surface area contributed by atoms with Crippen molar-refractivity contribution in [2.45, 2.75) is 31.5 Å². The lowest BCUT2D eigenvalue weighted by atomic mass is 10.0. The molecule has 8 heavy (non-hydrogen) atoms. The molecule has 0 aromatic heterocycles. The molecule has 1 saturated heterocycles. The summed E-state index contributed by atoms with van der Waals surface area (Å²) < 4.78 is 5.43. The highest BCUT2D eigenvalue weighted by Gasteiger charge is 2.58. The third kappa shape index (κ3) is 0.334. The van der Waals surface area contributed by atoms with Crippen molar-refractivity contribution < 1.29 is 4.74 Å². The standard InChI is InChI=1S/C7H10O/c1-2-6-7(8-6)5-3-4(1)5/h4-7H,1-3H2/t4-,5+,6-,7+/m1/s1. The number of rotatable bonds is 0. The van der Waals surface area contributed by atoms with Crippen LogP contribution in [0.25, 0.3) is 0 Å². The van der Waals surface area contributed by atoms with Crippen LogP contribution in [0.5, 0.6) is 0 Å². The maximum atomic E-state index is 5.43. The van der Waals surface area contributed by atoms with Crippen molar-refractivity contribution in [2.75, 3.05) is 0 Å². The van der Waals surface area contributed by atoms with Gasteiger partial charge in [-0.2, -0.15) is 0 Å². The van der Waals surface area contributed by atoms with Gasteiger partial charge in [-0.1, -0.05) is 0 Å². The molecule has 0 aromatic carbocycles. The minimum Gasteiger partial charge on any atom is -0.369 e. The average molecular weight is 110 g/mol. The van der Waals surface area contributed by atoms with Crippen LogP contribution in [0.15, 0.2) is 0 Å². The Hall–Kier alpha value is -0.0400. The Morgan fingerprint density at radius 1 is 1.25 bits per heavy atom. The zero-order chi connectivity index (χ0) is 5.14. The van der Waals surface area contributed by atoms with Gasteiger partial charge in [0.15, 0.2) is 0 Å². The van der Waals surface area contributed by atoms with E-state index in [1.54, 1.807) is 0 Å². The van der Waals surface area contributed by atoms with Crippen molar-refractivity contribution in [2.24, 2.45) is 11.8 Å². The third-order valence-corrected chi connectivity index (χ3v) is 2.84. The summed E-state index contributed by atoms with van der Waals surface area (Å²) in [5, 5.41) is 0. The van der Waals surface area contributed by atoms with Crippen LogP contribution in [0.3, 0.4) is 0 Å². The van der Waals surface area contributed by atoms with Crippen molar-refractivity contribution in [3.63, 3.8) is 0 Å². The highest BCUT2D eigenvalue weighted by molar-refractivity contribution is 5.06. The molecule has 0 amide bonds. The lowest BCUT2D eigenvalue weighted by Crippen LogP contribution is -2.04. The molecular formula is C7H10O. The van der Waals surface area contributed by atoms with E-state index in [1.165, 1.54) is 19.3 Å². The predicted octanol–water partition coefficient (Wildman–Crippen LogP) is 1.18. The summed E-state index contributed by atoms with van der Waals surface area (Å²) in [6, 6.07) is 0. The molecule has 3 aliphatic rings. The molecule has 0 unspecified atom stereocenters. The Morgan fingerprint density at radius 3 is 3.12 bits per heavy atom. The van der Waals surface area contributed by atoms with Gasteiger partial charge in [-0.15, -0.1) is 0 Å². The first-order chi connectivity index (χ1) is 3.95. The van der Waals surface area contributed by atoms with Gasteiger partial charge in [-0.25, -0.2) is 0 Å². The molecular weight excluding hydrogens is 100 g/mol. The molecule has 1 heteroatoms. The highest BCUT2D eigenvalue weighted by Crippen LogP contribution is 2.57. The minimum absolute atomic E-state index is 0.721. The molecule has 1 aliphatic heterocycles. The summed E-state index contributed by atoms with van der Waals surface area (Å²) in [5.74, 6) is 2.12. The van der Waals surface area contributed by atoms with E-state index in [0.29, 0.717) is 0 Å². The van der Waals surface area contributed by atoms with E-state index in [2.05, 4.69) is 0 Å². The molecule has 1 nitrogen and oxygen atoms in total. The van der Waals surface area contributed by atoms with Gasteiger partial charge in [0.2, 0.25) is 0 Å². The van der Waals surface area contributed by atoms with Gasteiger partial charge < -0.3 is 4.74 Å². The molecule has 1 heterocycles. The molecule has 3 rings (SSSR count). The van der Waals surface area contributed by atoms with Crippen LogP contribution in [0.1, 0.15) is 19.3 Å². The first-order valence-corrected chi connectivity index (χ1v) is 3.60. The van der Waals surface area contributed by atoms with E-state index in [1.807, 2.05) is 0 Å². The molecule has 0 aromatic rings. The molecule has 3 fully saturated rings. The van der Waals surface area contributed by atoms with Gasteiger partial charge in [0.1, 0.15) is 0 Å². The van der Waals surface area contributed by atoms with Crippen LogP contribution < -0.4 is 0 Å². The number of ether oxygens (including phenoxy) is 1. The molecule has 2 saturated carbocycles. The predicted molar refractivity (Wildman–Crippen MR) is 29.5 cm³/mol. The van der Waals surface area contributed by atoms with Gasteiger partial charge in [0.05, 0.1) is 12.2 Å². The van der Waals surface area contributed by atoms with Crippen LogP contribution in [0, 0.1) is 11.8 Å². The Balaban J connectivity index is 1.89. The second-order valence-electron chi connectivity index (χ2n) is 3.38. The van der Waals surface area contributed by atoms with E-state index in [4.69, 9.17) is 4.74 Å². The molecule has 0 bridgehead atoms. The molecule has 2 aliphatic carbocycles. The van der Waals surface area contributed by atoms with Crippen molar-refractivity contribution in [3.05, 3.63) is 0 Å². The summed E-state index contributed by atoms with van der Waals surface area (Å²) in [5.41, 5.74) is 0. The maximum Gasteiger partial charge on any atom is 0.0872 e. The van der Waals surface area contributed by atoms with E-state index in [-0.39, 0.29) is 0 Å². The van der Waals surface area contributed by atoms with Crippen LogP contribution in [-0.4, -0.2) is 12.2 Å². The van der Waals surface area contributed by atoms with Gasteiger partial charge in [0, 0.05) is 0 Å². The summed E-state index contributed by atoms with van der Waals surface area (Å²) >= 11 is 0. The molecule has 4 atom stereocenters. The highest BCUT2D eigenvalue weighted by atomic mass is 16.6. The van der Waals surface area contributed by atoms with Gasteiger partial charge >= 0.3 is 0 Å².